The van der Waals surface area contributed by atoms with Gasteiger partial charge in [-0.1, -0.05) is 17.7 Å². The van der Waals surface area contributed by atoms with E-state index in [9.17, 15) is 14.4 Å². The first kappa shape index (κ1) is 17.3. The molecule has 6 nitrogen and oxygen atoms in total. The predicted molar refractivity (Wildman–Crippen MR) is 86.3 cm³/mol. The third kappa shape index (κ3) is 4.22. The molecule has 124 valence electrons. The second-order valence-corrected chi connectivity index (χ2v) is 6.08. The summed E-state index contributed by atoms with van der Waals surface area (Å²) in [7, 11) is 0. The van der Waals surface area contributed by atoms with Crippen LogP contribution in [0.2, 0.25) is 5.02 Å². The van der Waals surface area contributed by atoms with E-state index in [2.05, 4.69) is 5.32 Å². The van der Waals surface area contributed by atoms with Crippen molar-refractivity contribution in [2.75, 3.05) is 18.4 Å². The average molecular weight is 339 g/mol. The number of aryl methyl sites for hydroxylation is 1. The van der Waals surface area contributed by atoms with E-state index in [0.29, 0.717) is 23.7 Å². The van der Waals surface area contributed by atoms with Crippen molar-refractivity contribution in [1.82, 2.24) is 4.90 Å². The number of carbonyl (C=O) groups is 3. The number of aliphatic carboxylic acids is 1. The molecule has 23 heavy (non-hydrogen) atoms. The molecular formula is C16H19ClN2O4. The van der Waals surface area contributed by atoms with Crippen LogP contribution in [0, 0.1) is 18.8 Å². The minimum absolute atomic E-state index is 0.107. The molecule has 0 heterocycles. The van der Waals surface area contributed by atoms with Crippen LogP contribution in [0.15, 0.2) is 18.2 Å². The van der Waals surface area contributed by atoms with Gasteiger partial charge >= 0.3 is 5.97 Å². The van der Waals surface area contributed by atoms with Crippen molar-refractivity contribution in [3.63, 3.8) is 0 Å². The fraction of sp³-hybridized carbons (Fsp3) is 0.438. The van der Waals surface area contributed by atoms with E-state index in [0.717, 1.165) is 5.56 Å². The first-order valence-electron chi connectivity index (χ1n) is 7.41. The lowest BCUT2D eigenvalue weighted by molar-refractivity contribution is -0.142. The van der Waals surface area contributed by atoms with E-state index < -0.39 is 17.8 Å². The highest BCUT2D eigenvalue weighted by molar-refractivity contribution is 6.31. The van der Waals surface area contributed by atoms with Crippen molar-refractivity contribution in [3.05, 3.63) is 28.8 Å². The molecule has 0 spiro atoms. The number of carbonyl (C=O) groups excluding carboxylic acids is 2. The number of amides is 2. The molecular weight excluding hydrogens is 320 g/mol. The third-order valence-electron chi connectivity index (χ3n) is 3.93. The highest BCUT2D eigenvalue weighted by Gasteiger charge is 2.49. The zero-order chi connectivity index (χ0) is 17.1. The van der Waals surface area contributed by atoms with Crippen molar-refractivity contribution in [2.45, 2.75) is 20.3 Å². The Kier molecular flexibility index (Phi) is 5.26. The van der Waals surface area contributed by atoms with Crippen LogP contribution in [0.5, 0.6) is 0 Å². The van der Waals surface area contributed by atoms with Crippen LogP contribution in [0.3, 0.4) is 0 Å². The summed E-state index contributed by atoms with van der Waals surface area (Å²) in [5.41, 5.74) is 1.46. The molecule has 0 saturated heterocycles. The molecule has 0 bridgehead atoms. The van der Waals surface area contributed by atoms with Gasteiger partial charge < -0.3 is 15.3 Å². The Labute approximate surface area is 139 Å². The van der Waals surface area contributed by atoms with Crippen LogP contribution >= 0.6 is 11.6 Å². The number of nitrogens with one attached hydrogen (secondary N) is 1. The number of benzene rings is 1. The fourth-order valence-electron chi connectivity index (χ4n) is 2.41. The maximum absolute atomic E-state index is 12.2. The molecule has 0 radical (unpaired) electrons. The predicted octanol–water partition coefficient (Wildman–Crippen LogP) is 2.16. The number of carboxylic acids is 1. The van der Waals surface area contributed by atoms with Crippen LogP contribution in [-0.4, -0.2) is 40.9 Å². The van der Waals surface area contributed by atoms with Crippen LogP contribution in [0.1, 0.15) is 18.9 Å². The number of rotatable bonds is 6. The van der Waals surface area contributed by atoms with Crippen molar-refractivity contribution in [2.24, 2.45) is 11.8 Å². The topological polar surface area (TPSA) is 86.7 Å². The number of nitrogens with zero attached hydrogens (tertiary/aromatic N) is 1. The summed E-state index contributed by atoms with van der Waals surface area (Å²) >= 11 is 5.91. The molecule has 2 atom stereocenters. The smallest absolute Gasteiger partial charge is 0.307 e. The standard InChI is InChI=1S/C16H19ClN2O4/c1-3-19(15(21)11-7-12(11)16(22)23)8-14(20)18-13-6-10(17)5-4-9(13)2/h4-6,11-12H,3,7-8H2,1-2H3,(H,18,20)(H,22,23)/t11-,12+/m1/s1. The van der Waals surface area contributed by atoms with Crippen LogP contribution in [-0.2, 0) is 14.4 Å². The molecule has 1 aromatic rings. The monoisotopic (exact) mass is 338 g/mol. The summed E-state index contributed by atoms with van der Waals surface area (Å²) in [5, 5.41) is 12.1. The molecule has 0 aromatic heterocycles. The van der Waals surface area contributed by atoms with Gasteiger partial charge in [-0.05, 0) is 38.0 Å². The second kappa shape index (κ2) is 7.00. The van der Waals surface area contributed by atoms with E-state index in [1.54, 1.807) is 25.1 Å². The maximum Gasteiger partial charge on any atom is 0.307 e. The molecule has 1 aliphatic rings. The summed E-state index contributed by atoms with van der Waals surface area (Å²) in [5.74, 6) is -2.70. The van der Waals surface area contributed by atoms with Gasteiger partial charge in [0.15, 0.2) is 0 Å². The Morgan fingerprint density at radius 2 is 2.04 bits per heavy atom. The second-order valence-electron chi connectivity index (χ2n) is 5.65. The SMILES string of the molecule is CCN(CC(=O)Nc1cc(Cl)ccc1C)C(=O)[C@@H]1C[C@@H]1C(=O)O. The van der Waals surface area contributed by atoms with Crippen molar-refractivity contribution in [1.29, 1.82) is 0 Å². The summed E-state index contributed by atoms with van der Waals surface area (Å²) in [6, 6.07) is 5.17. The largest absolute Gasteiger partial charge is 0.481 e. The number of halogens is 1. The number of hydrogen-bond acceptors (Lipinski definition) is 3. The lowest BCUT2D eigenvalue weighted by atomic mass is 10.2. The Hall–Kier alpha value is -2.08. The molecule has 0 unspecified atom stereocenters. The molecule has 7 heteroatoms. The van der Waals surface area contributed by atoms with E-state index in [4.69, 9.17) is 16.7 Å². The molecule has 1 fully saturated rings. The maximum atomic E-state index is 12.2. The van der Waals surface area contributed by atoms with E-state index >= 15 is 0 Å². The normalized spacial score (nSPS) is 19.1. The van der Waals surface area contributed by atoms with Gasteiger partial charge in [-0.25, -0.2) is 0 Å². The minimum Gasteiger partial charge on any atom is -0.481 e. The highest BCUT2D eigenvalue weighted by Crippen LogP contribution is 2.40. The Morgan fingerprint density at radius 3 is 2.61 bits per heavy atom. The number of hydrogen-bond donors (Lipinski definition) is 2. The van der Waals surface area contributed by atoms with Crippen LogP contribution in [0.25, 0.3) is 0 Å². The van der Waals surface area contributed by atoms with Crippen LogP contribution < -0.4 is 5.32 Å². The molecule has 2 N–H and O–H groups in total. The molecule has 0 aliphatic heterocycles. The fourth-order valence-corrected chi connectivity index (χ4v) is 2.58. The van der Waals surface area contributed by atoms with Gasteiger partial charge in [0.05, 0.1) is 18.4 Å². The van der Waals surface area contributed by atoms with Crippen molar-refractivity contribution < 1.29 is 19.5 Å². The summed E-state index contributed by atoms with van der Waals surface area (Å²) < 4.78 is 0. The van der Waals surface area contributed by atoms with Gasteiger partial charge in [-0.2, -0.15) is 0 Å². The lowest BCUT2D eigenvalue weighted by Crippen LogP contribution is -2.39. The van der Waals surface area contributed by atoms with Crippen molar-refractivity contribution in [3.8, 4) is 0 Å². The van der Waals surface area contributed by atoms with Crippen LogP contribution in [0.4, 0.5) is 5.69 Å². The third-order valence-corrected chi connectivity index (χ3v) is 4.16. The van der Waals surface area contributed by atoms with Crippen molar-refractivity contribution >= 4 is 35.1 Å². The summed E-state index contributed by atoms with van der Waals surface area (Å²) in [6.07, 6.45) is 0.347. The number of likely N-dealkylation sites (N-methyl/N-ethyl adjacent to an activating group) is 1. The highest BCUT2D eigenvalue weighted by atomic mass is 35.5. The van der Waals surface area contributed by atoms with E-state index in [1.807, 2.05) is 6.92 Å². The molecule has 2 amide bonds. The Balaban J connectivity index is 1.96. The minimum atomic E-state index is -0.960. The zero-order valence-corrected chi connectivity index (χ0v) is 13.8. The first-order valence-corrected chi connectivity index (χ1v) is 7.78. The Morgan fingerprint density at radius 1 is 1.35 bits per heavy atom. The summed E-state index contributed by atoms with van der Waals surface area (Å²) in [6.45, 7) is 3.85. The number of carboxylic acid groups (broad SMARTS) is 1. The lowest BCUT2D eigenvalue weighted by Gasteiger charge is -2.20. The van der Waals surface area contributed by atoms with Gasteiger partial charge in [0.25, 0.3) is 0 Å². The average Bonchev–Trinajstić information content (AvgIpc) is 3.28. The summed E-state index contributed by atoms with van der Waals surface area (Å²) in [4.78, 5) is 36.6. The van der Waals surface area contributed by atoms with Gasteiger partial charge in [-0.15, -0.1) is 0 Å². The van der Waals surface area contributed by atoms with Gasteiger partial charge in [0.1, 0.15) is 0 Å². The molecule has 1 saturated carbocycles. The van der Waals surface area contributed by atoms with Gasteiger partial charge in [-0.3, -0.25) is 14.4 Å². The number of anilines is 1. The quantitative estimate of drug-likeness (QED) is 0.832. The van der Waals surface area contributed by atoms with E-state index in [-0.39, 0.29) is 18.4 Å². The molecule has 1 aromatic carbocycles. The van der Waals surface area contributed by atoms with E-state index in [1.165, 1.54) is 4.90 Å². The molecule has 1 aliphatic carbocycles. The molecule has 2 rings (SSSR count). The first-order chi connectivity index (χ1) is 10.8. The van der Waals surface area contributed by atoms with Gasteiger partial charge in [0, 0.05) is 17.3 Å². The Bertz CT molecular complexity index is 647. The van der Waals surface area contributed by atoms with Gasteiger partial charge in [0.2, 0.25) is 11.8 Å². The zero-order valence-electron chi connectivity index (χ0n) is 13.0.